The van der Waals surface area contributed by atoms with Gasteiger partial charge in [-0.05, 0) is 56.4 Å². The Morgan fingerprint density at radius 2 is 1.82 bits per heavy atom. The fourth-order valence-electron chi connectivity index (χ4n) is 4.01. The first-order valence-electron chi connectivity index (χ1n) is 11.2. The summed E-state index contributed by atoms with van der Waals surface area (Å²) in [7, 11) is 0. The van der Waals surface area contributed by atoms with Gasteiger partial charge in [0, 0.05) is 12.8 Å². The molecule has 176 valence electrons. The topological polar surface area (TPSA) is 111 Å². The van der Waals surface area contributed by atoms with E-state index in [1.807, 2.05) is 62.4 Å². The smallest absolute Gasteiger partial charge is 0.322 e. The minimum absolute atomic E-state index is 0.0685. The van der Waals surface area contributed by atoms with E-state index in [0.29, 0.717) is 23.5 Å². The van der Waals surface area contributed by atoms with Crippen LogP contribution in [0.15, 0.2) is 53.6 Å². The number of urea groups is 1. The number of imide groups is 1. The Morgan fingerprint density at radius 3 is 2.56 bits per heavy atom. The highest BCUT2D eigenvalue weighted by Gasteiger charge is 2.48. The number of hydrogen-bond acceptors (Lipinski definition) is 5. The summed E-state index contributed by atoms with van der Waals surface area (Å²) in [4.78, 5) is 51.0. The summed E-state index contributed by atoms with van der Waals surface area (Å²) in [5, 5.41) is 8.86. The van der Waals surface area contributed by atoms with E-state index in [9.17, 15) is 19.2 Å². The minimum Gasteiger partial charge on any atom is -0.322 e. The molecule has 5 amide bonds. The first kappa shape index (κ1) is 23.2. The molecule has 0 aliphatic carbocycles. The lowest BCUT2D eigenvalue weighted by atomic mass is 9.93. The lowest BCUT2D eigenvalue weighted by Gasteiger charge is -2.25. The summed E-state index contributed by atoms with van der Waals surface area (Å²) in [6, 6.07) is 14.6. The molecule has 1 unspecified atom stereocenters. The zero-order chi connectivity index (χ0) is 24.5. The average Bonchev–Trinajstić information content (AvgIpc) is 3.03. The molecule has 2 aliphatic rings. The molecular formula is C25H27N5O4. The zero-order valence-corrected chi connectivity index (χ0v) is 19.4. The van der Waals surface area contributed by atoms with Crippen LogP contribution in [0, 0.1) is 13.8 Å². The third-order valence-electron chi connectivity index (χ3n) is 6.12. The van der Waals surface area contributed by atoms with Crippen molar-refractivity contribution in [3.63, 3.8) is 0 Å². The van der Waals surface area contributed by atoms with Crippen molar-refractivity contribution >= 4 is 35.2 Å². The zero-order valence-electron chi connectivity index (χ0n) is 19.4. The van der Waals surface area contributed by atoms with E-state index in [0.717, 1.165) is 16.7 Å². The second-order valence-corrected chi connectivity index (χ2v) is 8.87. The van der Waals surface area contributed by atoms with Crippen LogP contribution in [0.2, 0.25) is 0 Å². The van der Waals surface area contributed by atoms with Gasteiger partial charge in [-0.15, -0.1) is 0 Å². The Balaban J connectivity index is 1.48. The van der Waals surface area contributed by atoms with Gasteiger partial charge in [0.1, 0.15) is 11.3 Å². The number of hydrogen-bond donors (Lipinski definition) is 2. The van der Waals surface area contributed by atoms with Gasteiger partial charge in [-0.3, -0.25) is 19.8 Å². The van der Waals surface area contributed by atoms with Crippen molar-refractivity contribution in [1.29, 1.82) is 0 Å². The van der Waals surface area contributed by atoms with Gasteiger partial charge in [0.2, 0.25) is 5.91 Å². The SMILES string of the molecule is Cc1ccc(C)c(N2N=C(C(=O)NN3C(=O)NC(C)(CCc4ccccc4)C3=O)CCC2=O)c1. The summed E-state index contributed by atoms with van der Waals surface area (Å²) in [6.07, 6.45) is 1.17. The molecule has 0 spiro atoms. The largest absolute Gasteiger partial charge is 0.344 e. The van der Waals surface area contributed by atoms with Crippen LogP contribution >= 0.6 is 0 Å². The van der Waals surface area contributed by atoms with Crippen LogP contribution in [0.3, 0.4) is 0 Å². The molecule has 0 saturated carbocycles. The van der Waals surface area contributed by atoms with Gasteiger partial charge in [0.15, 0.2) is 0 Å². The minimum atomic E-state index is -1.14. The standard InChI is InChI=1S/C25H27N5O4/c1-16-9-10-17(2)20(15-16)29-21(31)12-11-19(27-29)22(32)28-30-23(33)25(3,26-24(30)34)14-13-18-7-5-4-6-8-18/h4-10,15H,11-14H2,1-3H3,(H,26,34)(H,28,32). The number of amides is 5. The fraction of sp³-hybridized carbons (Fsp3) is 0.320. The number of carbonyl (C=O) groups is 4. The number of rotatable bonds is 6. The number of anilines is 1. The molecule has 0 bridgehead atoms. The third-order valence-corrected chi connectivity index (χ3v) is 6.12. The molecule has 1 fully saturated rings. The number of carbonyl (C=O) groups excluding carboxylic acids is 4. The number of aryl methyl sites for hydroxylation is 3. The second kappa shape index (κ2) is 9.09. The molecule has 0 radical (unpaired) electrons. The molecule has 2 heterocycles. The Bertz CT molecular complexity index is 1190. The van der Waals surface area contributed by atoms with Crippen molar-refractivity contribution in [2.75, 3.05) is 5.01 Å². The summed E-state index contributed by atoms with van der Waals surface area (Å²) in [5.74, 6) is -1.46. The maximum absolute atomic E-state index is 13.0. The van der Waals surface area contributed by atoms with E-state index in [4.69, 9.17) is 0 Å². The molecule has 0 aromatic heterocycles. The number of nitrogens with one attached hydrogen (secondary N) is 2. The molecule has 1 atom stereocenters. The van der Waals surface area contributed by atoms with E-state index >= 15 is 0 Å². The molecule has 2 aliphatic heterocycles. The van der Waals surface area contributed by atoms with Crippen molar-refractivity contribution in [2.24, 2.45) is 5.10 Å². The Kier molecular flexibility index (Phi) is 6.19. The quantitative estimate of drug-likeness (QED) is 0.645. The predicted octanol–water partition coefficient (Wildman–Crippen LogP) is 2.76. The van der Waals surface area contributed by atoms with E-state index < -0.39 is 23.4 Å². The van der Waals surface area contributed by atoms with E-state index in [1.54, 1.807) is 6.92 Å². The van der Waals surface area contributed by atoms with Crippen molar-refractivity contribution in [2.45, 2.75) is 52.0 Å². The van der Waals surface area contributed by atoms with Crippen molar-refractivity contribution < 1.29 is 19.2 Å². The second-order valence-electron chi connectivity index (χ2n) is 8.87. The van der Waals surface area contributed by atoms with Gasteiger partial charge in [-0.1, -0.05) is 42.5 Å². The molecule has 1 saturated heterocycles. The summed E-state index contributed by atoms with van der Waals surface area (Å²) in [6.45, 7) is 5.40. The highest BCUT2D eigenvalue weighted by Crippen LogP contribution is 2.26. The summed E-state index contributed by atoms with van der Waals surface area (Å²) >= 11 is 0. The monoisotopic (exact) mass is 461 g/mol. The summed E-state index contributed by atoms with van der Waals surface area (Å²) in [5.41, 5.74) is 4.74. The third kappa shape index (κ3) is 4.54. The Morgan fingerprint density at radius 1 is 1.09 bits per heavy atom. The van der Waals surface area contributed by atoms with Gasteiger partial charge < -0.3 is 5.32 Å². The highest BCUT2D eigenvalue weighted by molar-refractivity contribution is 6.40. The molecule has 2 N–H and O–H groups in total. The normalized spacial score (nSPS) is 20.3. The number of hydrazine groups is 1. The lowest BCUT2D eigenvalue weighted by molar-refractivity contribution is -0.137. The molecule has 9 nitrogen and oxygen atoms in total. The van der Waals surface area contributed by atoms with Crippen molar-refractivity contribution in [3.8, 4) is 0 Å². The van der Waals surface area contributed by atoms with Gasteiger partial charge in [-0.2, -0.15) is 10.1 Å². The van der Waals surface area contributed by atoms with Crippen LogP contribution in [0.25, 0.3) is 0 Å². The van der Waals surface area contributed by atoms with Gasteiger partial charge in [0.05, 0.1) is 5.69 Å². The van der Waals surface area contributed by atoms with Crippen LogP contribution in [0.5, 0.6) is 0 Å². The van der Waals surface area contributed by atoms with Crippen LogP contribution < -0.4 is 15.8 Å². The number of benzene rings is 2. The number of nitrogens with zero attached hydrogens (tertiary/aromatic N) is 3. The van der Waals surface area contributed by atoms with Crippen LogP contribution in [0.4, 0.5) is 10.5 Å². The molecule has 9 heteroatoms. The number of hydrazone groups is 1. The molecule has 2 aromatic rings. The van der Waals surface area contributed by atoms with Gasteiger partial charge >= 0.3 is 6.03 Å². The first-order valence-corrected chi connectivity index (χ1v) is 11.2. The molecule has 34 heavy (non-hydrogen) atoms. The Hall–Kier alpha value is -4.01. The van der Waals surface area contributed by atoms with E-state index in [2.05, 4.69) is 15.8 Å². The molecule has 4 rings (SSSR count). The van der Waals surface area contributed by atoms with Crippen molar-refractivity contribution in [1.82, 2.24) is 15.8 Å². The molecular weight excluding hydrogens is 434 g/mol. The van der Waals surface area contributed by atoms with Crippen LogP contribution in [-0.2, 0) is 20.8 Å². The Labute approximate surface area is 197 Å². The maximum Gasteiger partial charge on any atom is 0.344 e. The first-order chi connectivity index (χ1) is 16.2. The fourth-order valence-corrected chi connectivity index (χ4v) is 4.01. The van der Waals surface area contributed by atoms with Crippen molar-refractivity contribution in [3.05, 3.63) is 65.2 Å². The van der Waals surface area contributed by atoms with Gasteiger partial charge in [0.25, 0.3) is 11.8 Å². The maximum atomic E-state index is 13.0. The highest BCUT2D eigenvalue weighted by atomic mass is 16.2. The van der Waals surface area contributed by atoms with Gasteiger partial charge in [-0.25, -0.2) is 9.80 Å². The van der Waals surface area contributed by atoms with E-state index in [-0.39, 0.29) is 24.5 Å². The lowest BCUT2D eigenvalue weighted by Crippen LogP contribution is -2.51. The molecule has 2 aromatic carbocycles. The predicted molar refractivity (Wildman–Crippen MR) is 127 cm³/mol. The van der Waals surface area contributed by atoms with Crippen LogP contribution in [-0.4, -0.2) is 40.0 Å². The van der Waals surface area contributed by atoms with Crippen LogP contribution in [0.1, 0.15) is 42.9 Å². The summed E-state index contributed by atoms with van der Waals surface area (Å²) < 4.78 is 0. The average molecular weight is 462 g/mol. The van der Waals surface area contributed by atoms with E-state index in [1.165, 1.54) is 5.01 Å².